The van der Waals surface area contributed by atoms with E-state index in [4.69, 9.17) is 9.84 Å². The van der Waals surface area contributed by atoms with Crippen molar-refractivity contribution in [1.29, 1.82) is 0 Å². The summed E-state index contributed by atoms with van der Waals surface area (Å²) >= 11 is 1.27. The van der Waals surface area contributed by atoms with Gasteiger partial charge in [-0.2, -0.15) is 0 Å². The number of likely N-dealkylation sites (tertiary alicyclic amines) is 1. The van der Waals surface area contributed by atoms with Crippen LogP contribution in [0.2, 0.25) is 0 Å². The number of aromatic nitrogens is 1. The molecule has 10 heteroatoms. The number of thiazole rings is 1. The minimum absolute atomic E-state index is 0.0326. The Morgan fingerprint density at radius 1 is 1.42 bits per heavy atom. The number of hydrogen-bond donors (Lipinski definition) is 2. The summed E-state index contributed by atoms with van der Waals surface area (Å²) in [5, 5.41) is 13.9. The van der Waals surface area contributed by atoms with Crippen LogP contribution in [0, 0.1) is 0 Å². The molecule has 2 aliphatic rings. The quantitative estimate of drug-likeness (QED) is 0.814. The van der Waals surface area contributed by atoms with E-state index in [1.807, 2.05) is 0 Å². The number of nitrogens with zero attached hydrogens (tertiary/aromatic N) is 3. The molecule has 0 bridgehead atoms. The Hall–Kier alpha value is -2.36. The van der Waals surface area contributed by atoms with Gasteiger partial charge in [-0.15, -0.1) is 11.3 Å². The summed E-state index contributed by atoms with van der Waals surface area (Å²) in [6.45, 7) is 2.12. The van der Waals surface area contributed by atoms with Crippen LogP contribution < -0.4 is 5.32 Å². The van der Waals surface area contributed by atoms with E-state index in [1.54, 1.807) is 16.8 Å². The predicted molar refractivity (Wildman–Crippen MR) is 93.4 cm³/mol. The molecule has 3 amide bonds. The van der Waals surface area contributed by atoms with Crippen LogP contribution in [0.5, 0.6) is 0 Å². The number of carbonyl (C=O) groups excluding carboxylic acids is 2. The molecule has 2 saturated heterocycles. The van der Waals surface area contributed by atoms with E-state index < -0.39 is 11.6 Å². The van der Waals surface area contributed by atoms with Crippen LogP contribution in [0.25, 0.3) is 0 Å². The summed E-state index contributed by atoms with van der Waals surface area (Å²) in [6.07, 6.45) is 2.36. The molecule has 2 aliphatic heterocycles. The smallest absolute Gasteiger partial charge is 0.410 e. The fourth-order valence-corrected chi connectivity index (χ4v) is 4.11. The van der Waals surface area contributed by atoms with Crippen molar-refractivity contribution in [2.75, 3.05) is 33.2 Å². The fourth-order valence-electron chi connectivity index (χ4n) is 3.34. The highest BCUT2D eigenvalue weighted by Gasteiger charge is 2.44. The van der Waals surface area contributed by atoms with Gasteiger partial charge in [-0.1, -0.05) is 0 Å². The molecule has 1 atom stereocenters. The van der Waals surface area contributed by atoms with Crippen LogP contribution in [0.4, 0.5) is 9.59 Å². The Balaban J connectivity index is 1.46. The zero-order chi connectivity index (χ0) is 18.7. The van der Waals surface area contributed by atoms with Crippen molar-refractivity contribution in [2.45, 2.75) is 31.3 Å². The SMILES string of the molecule is CN1C[C@@]2(CCCN(C(=O)NCCc3nc(C(=O)O)cs3)CC2)OC1=O. The Bertz CT molecular complexity index is 709. The van der Waals surface area contributed by atoms with Crippen LogP contribution in [0.15, 0.2) is 5.38 Å². The normalized spacial score (nSPS) is 23.0. The van der Waals surface area contributed by atoms with E-state index >= 15 is 0 Å². The molecule has 3 rings (SSSR count). The first-order chi connectivity index (χ1) is 12.4. The van der Waals surface area contributed by atoms with Gasteiger partial charge < -0.3 is 25.0 Å². The minimum Gasteiger partial charge on any atom is -0.476 e. The fraction of sp³-hybridized carbons (Fsp3) is 0.625. The Kier molecular flexibility index (Phi) is 5.30. The van der Waals surface area contributed by atoms with E-state index in [9.17, 15) is 14.4 Å². The third-order valence-electron chi connectivity index (χ3n) is 4.71. The number of amides is 3. The molecule has 0 aliphatic carbocycles. The van der Waals surface area contributed by atoms with Crippen molar-refractivity contribution in [3.05, 3.63) is 16.1 Å². The second-order valence-corrected chi connectivity index (χ2v) is 7.60. The molecule has 2 fully saturated rings. The van der Waals surface area contributed by atoms with Gasteiger partial charge in [0.15, 0.2) is 5.69 Å². The molecule has 2 N–H and O–H groups in total. The van der Waals surface area contributed by atoms with Crippen LogP contribution >= 0.6 is 11.3 Å². The van der Waals surface area contributed by atoms with E-state index in [0.29, 0.717) is 44.0 Å². The van der Waals surface area contributed by atoms with Crippen molar-refractivity contribution in [1.82, 2.24) is 20.1 Å². The molecule has 1 aromatic heterocycles. The standard InChI is InChI=1S/C16H22N4O5S/c1-19-10-16(25-15(19)24)4-2-7-20(8-5-16)14(23)17-6-3-12-18-11(9-26-12)13(21)22/h9H,2-8,10H2,1H3,(H,17,23)(H,21,22)/t16-/m0/s1. The van der Waals surface area contributed by atoms with Crippen LogP contribution in [-0.4, -0.2) is 76.8 Å². The molecule has 142 valence electrons. The van der Waals surface area contributed by atoms with Gasteiger partial charge >= 0.3 is 18.1 Å². The molecule has 1 aromatic rings. The maximum absolute atomic E-state index is 12.4. The van der Waals surface area contributed by atoms with Gasteiger partial charge in [-0.3, -0.25) is 0 Å². The number of aromatic carboxylic acids is 1. The van der Waals surface area contributed by atoms with Crippen molar-refractivity contribution < 1.29 is 24.2 Å². The first-order valence-corrected chi connectivity index (χ1v) is 9.41. The number of rotatable bonds is 4. The van der Waals surface area contributed by atoms with Gasteiger partial charge in [0.25, 0.3) is 0 Å². The number of carbonyl (C=O) groups is 3. The number of ether oxygens (including phenoxy) is 1. The van der Waals surface area contributed by atoms with Gasteiger partial charge in [-0.25, -0.2) is 19.4 Å². The lowest BCUT2D eigenvalue weighted by Gasteiger charge is -2.25. The maximum Gasteiger partial charge on any atom is 0.410 e. The summed E-state index contributed by atoms with van der Waals surface area (Å²) in [5.41, 5.74) is -0.445. The van der Waals surface area contributed by atoms with E-state index in [-0.39, 0.29) is 17.8 Å². The zero-order valence-corrected chi connectivity index (χ0v) is 15.4. The van der Waals surface area contributed by atoms with Crippen LogP contribution in [-0.2, 0) is 11.2 Å². The largest absolute Gasteiger partial charge is 0.476 e. The van der Waals surface area contributed by atoms with E-state index in [1.165, 1.54) is 16.7 Å². The second kappa shape index (κ2) is 7.48. The molecule has 9 nitrogen and oxygen atoms in total. The third kappa shape index (κ3) is 4.06. The lowest BCUT2D eigenvalue weighted by Crippen LogP contribution is -2.42. The molecule has 0 saturated carbocycles. The number of carboxylic acid groups (broad SMARTS) is 1. The van der Waals surface area contributed by atoms with E-state index in [0.717, 1.165) is 12.8 Å². The molecule has 1 spiro atoms. The second-order valence-electron chi connectivity index (χ2n) is 6.66. The van der Waals surface area contributed by atoms with Crippen molar-refractivity contribution >= 4 is 29.4 Å². The molecular weight excluding hydrogens is 360 g/mol. The number of carboxylic acids is 1. The molecule has 0 radical (unpaired) electrons. The first kappa shape index (κ1) is 18.4. The lowest BCUT2D eigenvalue weighted by molar-refractivity contribution is 0.0453. The molecule has 3 heterocycles. The maximum atomic E-state index is 12.4. The van der Waals surface area contributed by atoms with Crippen molar-refractivity contribution in [2.24, 2.45) is 0 Å². The average Bonchev–Trinajstić information content (AvgIpc) is 3.09. The summed E-state index contributed by atoms with van der Waals surface area (Å²) in [6, 6.07) is -0.158. The van der Waals surface area contributed by atoms with Crippen molar-refractivity contribution in [3.8, 4) is 0 Å². The highest BCUT2D eigenvalue weighted by Crippen LogP contribution is 2.32. The zero-order valence-electron chi connectivity index (χ0n) is 14.6. The summed E-state index contributed by atoms with van der Waals surface area (Å²) in [4.78, 5) is 42.2. The summed E-state index contributed by atoms with van der Waals surface area (Å²) < 4.78 is 5.54. The number of nitrogens with one attached hydrogen (secondary N) is 1. The van der Waals surface area contributed by atoms with Crippen LogP contribution in [0.3, 0.4) is 0 Å². The number of likely N-dealkylation sites (N-methyl/N-ethyl adjacent to an activating group) is 1. The van der Waals surface area contributed by atoms with Crippen LogP contribution in [0.1, 0.15) is 34.8 Å². The van der Waals surface area contributed by atoms with Gasteiger partial charge in [-0.05, 0) is 12.8 Å². The van der Waals surface area contributed by atoms with Gasteiger partial charge in [0.05, 0.1) is 11.6 Å². The topological polar surface area (TPSA) is 112 Å². The molecule has 26 heavy (non-hydrogen) atoms. The molecule has 0 unspecified atom stereocenters. The van der Waals surface area contributed by atoms with Gasteiger partial charge in [0.2, 0.25) is 0 Å². The summed E-state index contributed by atoms with van der Waals surface area (Å²) in [7, 11) is 1.72. The highest BCUT2D eigenvalue weighted by molar-refractivity contribution is 7.09. The molecular formula is C16H22N4O5S. The van der Waals surface area contributed by atoms with Gasteiger partial charge in [0.1, 0.15) is 5.60 Å². The first-order valence-electron chi connectivity index (χ1n) is 8.53. The number of urea groups is 1. The number of hydrogen-bond acceptors (Lipinski definition) is 6. The van der Waals surface area contributed by atoms with Crippen molar-refractivity contribution in [3.63, 3.8) is 0 Å². The Labute approximate surface area is 154 Å². The lowest BCUT2D eigenvalue weighted by atomic mass is 9.95. The monoisotopic (exact) mass is 382 g/mol. The summed E-state index contributed by atoms with van der Waals surface area (Å²) in [5.74, 6) is -1.05. The minimum atomic E-state index is -1.05. The molecule has 0 aromatic carbocycles. The predicted octanol–water partition coefficient (Wildman–Crippen LogP) is 1.40. The highest BCUT2D eigenvalue weighted by atomic mass is 32.1. The van der Waals surface area contributed by atoms with Gasteiger partial charge in [0, 0.05) is 44.9 Å². The third-order valence-corrected chi connectivity index (χ3v) is 5.62. The Morgan fingerprint density at radius 2 is 2.23 bits per heavy atom. The average molecular weight is 382 g/mol. The Morgan fingerprint density at radius 3 is 2.88 bits per heavy atom. The van der Waals surface area contributed by atoms with E-state index in [2.05, 4.69) is 10.3 Å².